The third-order valence-corrected chi connectivity index (χ3v) is 3.54. The Morgan fingerprint density at radius 1 is 1.23 bits per heavy atom. The Bertz CT molecular complexity index is 160. The van der Waals surface area contributed by atoms with Gasteiger partial charge in [-0.25, -0.2) is 0 Å². The molecular weight excluding hydrogens is 164 g/mol. The molecule has 2 saturated heterocycles. The minimum atomic E-state index is 0.0837. The first-order chi connectivity index (χ1) is 6.37. The van der Waals surface area contributed by atoms with E-state index in [1.165, 1.54) is 32.4 Å². The van der Waals surface area contributed by atoms with Crippen LogP contribution in [-0.2, 0) is 0 Å². The Hall–Kier alpha value is -0.120. The van der Waals surface area contributed by atoms with Crippen LogP contribution in [0, 0.1) is 0 Å². The highest BCUT2D eigenvalue weighted by Gasteiger charge is 2.39. The first-order valence-electron chi connectivity index (χ1n) is 5.44. The topological polar surface area (TPSA) is 35.5 Å². The number of nitrogens with one attached hydrogen (secondary N) is 1. The van der Waals surface area contributed by atoms with Crippen LogP contribution in [0.4, 0.5) is 0 Å². The smallest absolute Gasteiger partial charge is 0.0628 e. The molecule has 0 aromatic heterocycles. The van der Waals surface area contributed by atoms with E-state index in [0.717, 1.165) is 19.5 Å². The molecule has 3 nitrogen and oxygen atoms in total. The fraction of sp³-hybridized carbons (Fsp3) is 1.00. The summed E-state index contributed by atoms with van der Waals surface area (Å²) in [5, 5.41) is 12.8. The zero-order valence-electron chi connectivity index (χ0n) is 8.26. The largest absolute Gasteiger partial charge is 0.394 e. The molecule has 0 aliphatic carbocycles. The molecule has 2 fully saturated rings. The van der Waals surface area contributed by atoms with E-state index in [-0.39, 0.29) is 5.54 Å². The van der Waals surface area contributed by atoms with Gasteiger partial charge in [0.25, 0.3) is 0 Å². The van der Waals surface area contributed by atoms with Crippen LogP contribution in [0.15, 0.2) is 0 Å². The van der Waals surface area contributed by atoms with Crippen molar-refractivity contribution in [2.75, 3.05) is 32.8 Å². The molecule has 13 heavy (non-hydrogen) atoms. The van der Waals surface area contributed by atoms with Crippen LogP contribution in [0.2, 0.25) is 0 Å². The molecule has 0 aromatic rings. The molecule has 0 radical (unpaired) electrons. The maximum Gasteiger partial charge on any atom is 0.0628 e. The predicted octanol–water partition coefficient (Wildman–Crippen LogP) is 0.197. The number of hydrogen-bond donors (Lipinski definition) is 2. The summed E-state index contributed by atoms with van der Waals surface area (Å²) in [6.07, 6.45) is 5.10. The van der Waals surface area contributed by atoms with E-state index >= 15 is 0 Å². The van der Waals surface area contributed by atoms with Crippen molar-refractivity contribution < 1.29 is 5.11 Å². The van der Waals surface area contributed by atoms with Gasteiger partial charge in [-0.3, -0.25) is 4.90 Å². The summed E-state index contributed by atoms with van der Waals surface area (Å²) in [4.78, 5) is 2.50. The molecule has 2 heterocycles. The van der Waals surface area contributed by atoms with Gasteiger partial charge in [-0.05, 0) is 38.9 Å². The molecule has 0 saturated carbocycles. The first-order valence-corrected chi connectivity index (χ1v) is 5.44. The molecule has 1 unspecified atom stereocenters. The summed E-state index contributed by atoms with van der Waals surface area (Å²) in [6, 6.07) is 0. The summed E-state index contributed by atoms with van der Waals surface area (Å²) in [5.41, 5.74) is 0.0837. The standard InChI is InChI=1S/C10H20N2O/c13-9-10(4-5-11-8-10)12-6-2-1-3-7-12/h11,13H,1-9H2. The molecule has 2 aliphatic rings. The quantitative estimate of drug-likeness (QED) is 0.643. The Morgan fingerprint density at radius 2 is 2.00 bits per heavy atom. The monoisotopic (exact) mass is 184 g/mol. The molecule has 0 bridgehead atoms. The SMILES string of the molecule is OCC1(N2CCCCC2)CCNC1. The minimum Gasteiger partial charge on any atom is -0.394 e. The lowest BCUT2D eigenvalue weighted by atomic mass is 9.94. The lowest BCUT2D eigenvalue weighted by Gasteiger charge is -2.41. The summed E-state index contributed by atoms with van der Waals surface area (Å²) in [7, 11) is 0. The molecule has 76 valence electrons. The van der Waals surface area contributed by atoms with Crippen molar-refractivity contribution in [3.05, 3.63) is 0 Å². The van der Waals surface area contributed by atoms with Gasteiger partial charge in [0.05, 0.1) is 12.1 Å². The Morgan fingerprint density at radius 3 is 2.54 bits per heavy atom. The fourth-order valence-electron chi connectivity index (χ4n) is 2.60. The average Bonchev–Trinajstić information content (AvgIpc) is 2.69. The maximum absolute atomic E-state index is 9.49. The van der Waals surface area contributed by atoms with Gasteiger partial charge >= 0.3 is 0 Å². The van der Waals surface area contributed by atoms with E-state index in [9.17, 15) is 5.11 Å². The first kappa shape index (κ1) is 9.44. The minimum absolute atomic E-state index is 0.0837. The molecule has 0 spiro atoms. The fourth-order valence-corrected chi connectivity index (χ4v) is 2.60. The second kappa shape index (κ2) is 3.95. The normalized spacial score (nSPS) is 36.7. The van der Waals surface area contributed by atoms with Crippen LogP contribution in [0.5, 0.6) is 0 Å². The lowest BCUT2D eigenvalue weighted by Crippen LogP contribution is -2.54. The lowest BCUT2D eigenvalue weighted by molar-refractivity contribution is 0.0299. The van der Waals surface area contributed by atoms with Gasteiger partial charge in [0.2, 0.25) is 0 Å². The number of likely N-dealkylation sites (tertiary alicyclic amines) is 1. The van der Waals surface area contributed by atoms with Gasteiger partial charge < -0.3 is 10.4 Å². The molecular formula is C10H20N2O. The number of piperidine rings is 1. The van der Waals surface area contributed by atoms with Crippen LogP contribution in [0.25, 0.3) is 0 Å². The van der Waals surface area contributed by atoms with Crippen LogP contribution in [-0.4, -0.2) is 48.3 Å². The van der Waals surface area contributed by atoms with Crippen molar-refractivity contribution >= 4 is 0 Å². The second-order valence-electron chi connectivity index (χ2n) is 4.36. The third-order valence-electron chi connectivity index (χ3n) is 3.54. The Labute approximate surface area is 80.1 Å². The maximum atomic E-state index is 9.49. The van der Waals surface area contributed by atoms with Crippen molar-refractivity contribution in [3.8, 4) is 0 Å². The van der Waals surface area contributed by atoms with Gasteiger partial charge in [-0.15, -0.1) is 0 Å². The van der Waals surface area contributed by atoms with Crippen LogP contribution in [0.3, 0.4) is 0 Å². The van der Waals surface area contributed by atoms with E-state index < -0.39 is 0 Å². The summed E-state index contributed by atoms with van der Waals surface area (Å²) < 4.78 is 0. The average molecular weight is 184 g/mol. The third kappa shape index (κ3) is 1.73. The number of hydrogen-bond acceptors (Lipinski definition) is 3. The van der Waals surface area contributed by atoms with E-state index in [4.69, 9.17) is 0 Å². The molecule has 3 heteroatoms. The second-order valence-corrected chi connectivity index (χ2v) is 4.36. The van der Waals surface area contributed by atoms with Gasteiger partial charge in [-0.1, -0.05) is 6.42 Å². The van der Waals surface area contributed by atoms with E-state index in [0.29, 0.717) is 6.61 Å². The van der Waals surface area contributed by atoms with Gasteiger partial charge in [0.1, 0.15) is 0 Å². The van der Waals surface area contributed by atoms with Crippen molar-refractivity contribution in [1.82, 2.24) is 10.2 Å². The highest BCUT2D eigenvalue weighted by molar-refractivity contribution is 4.98. The number of nitrogens with zero attached hydrogens (tertiary/aromatic N) is 1. The van der Waals surface area contributed by atoms with E-state index in [1.807, 2.05) is 0 Å². The van der Waals surface area contributed by atoms with Gasteiger partial charge in [-0.2, -0.15) is 0 Å². The summed E-state index contributed by atoms with van der Waals surface area (Å²) in [6.45, 7) is 4.73. The number of aliphatic hydroxyl groups excluding tert-OH is 1. The van der Waals surface area contributed by atoms with Crippen LogP contribution in [0.1, 0.15) is 25.7 Å². The van der Waals surface area contributed by atoms with Crippen molar-refractivity contribution in [2.45, 2.75) is 31.2 Å². The van der Waals surface area contributed by atoms with Gasteiger partial charge in [0, 0.05) is 6.54 Å². The highest BCUT2D eigenvalue weighted by atomic mass is 16.3. The van der Waals surface area contributed by atoms with E-state index in [1.54, 1.807) is 0 Å². The zero-order valence-corrected chi connectivity index (χ0v) is 8.26. The molecule has 2 aliphatic heterocycles. The zero-order chi connectivity index (χ0) is 9.15. The van der Waals surface area contributed by atoms with Crippen molar-refractivity contribution in [1.29, 1.82) is 0 Å². The predicted molar refractivity (Wildman–Crippen MR) is 52.7 cm³/mol. The summed E-state index contributed by atoms with van der Waals surface area (Å²) in [5.74, 6) is 0. The molecule has 1 atom stereocenters. The number of aliphatic hydroxyl groups is 1. The van der Waals surface area contributed by atoms with E-state index in [2.05, 4.69) is 10.2 Å². The van der Waals surface area contributed by atoms with Crippen molar-refractivity contribution in [3.63, 3.8) is 0 Å². The molecule has 0 amide bonds. The molecule has 0 aromatic carbocycles. The van der Waals surface area contributed by atoms with Gasteiger partial charge in [0.15, 0.2) is 0 Å². The van der Waals surface area contributed by atoms with Crippen molar-refractivity contribution in [2.24, 2.45) is 0 Å². The van der Waals surface area contributed by atoms with Crippen LogP contribution >= 0.6 is 0 Å². The Kier molecular flexibility index (Phi) is 2.86. The molecule has 2 rings (SSSR count). The Balaban J connectivity index is 2.01. The molecule has 2 N–H and O–H groups in total. The van der Waals surface area contributed by atoms with Crippen LogP contribution < -0.4 is 5.32 Å². The number of rotatable bonds is 2. The highest BCUT2D eigenvalue weighted by Crippen LogP contribution is 2.26. The summed E-state index contributed by atoms with van der Waals surface area (Å²) >= 11 is 0.